The SMILES string of the molecule is CCOC(=O)C(Cl)(Cl)Nc1ccc(OC)cc1. The van der Waals surface area contributed by atoms with Crippen LogP contribution < -0.4 is 10.1 Å². The van der Waals surface area contributed by atoms with E-state index in [1.807, 2.05) is 0 Å². The highest BCUT2D eigenvalue weighted by atomic mass is 35.5. The third kappa shape index (κ3) is 3.98. The molecule has 0 spiro atoms. The molecule has 0 aliphatic carbocycles. The van der Waals surface area contributed by atoms with Gasteiger partial charge in [0.2, 0.25) is 0 Å². The van der Waals surface area contributed by atoms with Crippen LogP contribution in [0, 0.1) is 0 Å². The minimum atomic E-state index is -1.80. The molecule has 0 aliphatic heterocycles. The highest BCUT2D eigenvalue weighted by molar-refractivity contribution is 6.58. The summed E-state index contributed by atoms with van der Waals surface area (Å²) >= 11 is 11.6. The van der Waals surface area contributed by atoms with Crippen LogP contribution >= 0.6 is 23.2 Å². The van der Waals surface area contributed by atoms with Crippen molar-refractivity contribution in [1.29, 1.82) is 0 Å². The summed E-state index contributed by atoms with van der Waals surface area (Å²) in [5.41, 5.74) is 0.587. The van der Waals surface area contributed by atoms with Gasteiger partial charge in [-0.15, -0.1) is 0 Å². The van der Waals surface area contributed by atoms with Gasteiger partial charge in [-0.1, -0.05) is 23.2 Å². The number of halogens is 2. The van der Waals surface area contributed by atoms with Gasteiger partial charge in [-0.2, -0.15) is 0 Å². The molecule has 0 saturated carbocycles. The number of methoxy groups -OCH3 is 1. The van der Waals surface area contributed by atoms with Crippen LogP contribution in [0.2, 0.25) is 0 Å². The number of nitrogens with one attached hydrogen (secondary N) is 1. The number of hydrogen-bond donors (Lipinski definition) is 1. The van der Waals surface area contributed by atoms with E-state index in [0.29, 0.717) is 11.4 Å². The smallest absolute Gasteiger partial charge is 0.363 e. The molecule has 1 aromatic rings. The van der Waals surface area contributed by atoms with Gasteiger partial charge in [-0.25, -0.2) is 4.79 Å². The standard InChI is InChI=1S/C11H13Cl2NO3/c1-3-17-10(15)11(12,13)14-8-4-6-9(16-2)7-5-8/h4-7,14H,3H2,1-2H3. The molecule has 1 rings (SSSR count). The first-order valence-electron chi connectivity index (χ1n) is 4.97. The summed E-state index contributed by atoms with van der Waals surface area (Å²) < 4.78 is 7.93. The van der Waals surface area contributed by atoms with E-state index in [9.17, 15) is 4.79 Å². The number of carbonyl (C=O) groups is 1. The molecule has 0 amide bonds. The summed E-state index contributed by atoms with van der Waals surface area (Å²) in [7, 11) is 1.56. The molecule has 0 fully saturated rings. The Bertz CT molecular complexity index is 379. The minimum Gasteiger partial charge on any atom is -0.497 e. The second-order valence-corrected chi connectivity index (χ2v) is 4.48. The molecule has 0 aromatic heterocycles. The van der Waals surface area contributed by atoms with Crippen molar-refractivity contribution < 1.29 is 14.3 Å². The molecular weight excluding hydrogens is 265 g/mol. The van der Waals surface area contributed by atoms with E-state index in [1.165, 1.54) is 0 Å². The minimum absolute atomic E-state index is 0.213. The van der Waals surface area contributed by atoms with E-state index in [0.717, 1.165) is 0 Å². The Balaban J connectivity index is 2.71. The van der Waals surface area contributed by atoms with Crippen LogP contribution in [0.5, 0.6) is 5.75 Å². The van der Waals surface area contributed by atoms with E-state index < -0.39 is 10.4 Å². The molecule has 0 atom stereocenters. The number of hydrogen-bond acceptors (Lipinski definition) is 4. The van der Waals surface area contributed by atoms with Crippen molar-refractivity contribution in [3.05, 3.63) is 24.3 Å². The maximum Gasteiger partial charge on any atom is 0.363 e. The zero-order chi connectivity index (χ0) is 12.9. The lowest BCUT2D eigenvalue weighted by molar-refractivity contribution is -0.143. The van der Waals surface area contributed by atoms with Crippen LogP contribution in [-0.4, -0.2) is 24.1 Å². The monoisotopic (exact) mass is 277 g/mol. The number of rotatable bonds is 5. The van der Waals surface area contributed by atoms with Gasteiger partial charge in [-0.05, 0) is 31.2 Å². The van der Waals surface area contributed by atoms with E-state index in [4.69, 9.17) is 32.7 Å². The third-order valence-electron chi connectivity index (χ3n) is 1.92. The molecule has 0 radical (unpaired) electrons. The Labute approximate surface area is 110 Å². The van der Waals surface area contributed by atoms with Crippen molar-refractivity contribution in [1.82, 2.24) is 0 Å². The maximum atomic E-state index is 11.4. The highest BCUT2D eigenvalue weighted by Gasteiger charge is 2.35. The van der Waals surface area contributed by atoms with Gasteiger partial charge in [0, 0.05) is 5.69 Å². The highest BCUT2D eigenvalue weighted by Crippen LogP contribution is 2.26. The van der Waals surface area contributed by atoms with Crippen LogP contribution in [-0.2, 0) is 9.53 Å². The first-order chi connectivity index (χ1) is 7.99. The van der Waals surface area contributed by atoms with E-state index in [1.54, 1.807) is 38.3 Å². The lowest BCUT2D eigenvalue weighted by atomic mass is 10.3. The molecule has 0 aliphatic rings. The molecule has 4 nitrogen and oxygen atoms in total. The van der Waals surface area contributed by atoms with Crippen LogP contribution in [0.3, 0.4) is 0 Å². The Morgan fingerprint density at radius 3 is 2.41 bits per heavy atom. The van der Waals surface area contributed by atoms with Gasteiger partial charge in [-0.3, -0.25) is 0 Å². The molecule has 0 heterocycles. The number of carbonyl (C=O) groups excluding carboxylic acids is 1. The molecule has 0 saturated heterocycles. The number of benzene rings is 1. The Morgan fingerprint density at radius 1 is 1.35 bits per heavy atom. The summed E-state index contributed by atoms with van der Waals surface area (Å²) in [5, 5.41) is 2.65. The molecule has 0 unspecified atom stereocenters. The number of anilines is 1. The van der Waals surface area contributed by atoms with Crippen molar-refractivity contribution >= 4 is 34.9 Å². The Morgan fingerprint density at radius 2 is 1.94 bits per heavy atom. The fraction of sp³-hybridized carbons (Fsp3) is 0.364. The van der Waals surface area contributed by atoms with Crippen LogP contribution in [0.4, 0.5) is 5.69 Å². The van der Waals surface area contributed by atoms with Gasteiger partial charge in [0.05, 0.1) is 13.7 Å². The quantitative estimate of drug-likeness (QED) is 0.511. The Hall–Kier alpha value is -1.13. The molecule has 17 heavy (non-hydrogen) atoms. The zero-order valence-electron chi connectivity index (χ0n) is 9.50. The fourth-order valence-corrected chi connectivity index (χ4v) is 1.46. The van der Waals surface area contributed by atoms with Crippen LogP contribution in [0.15, 0.2) is 24.3 Å². The molecule has 6 heteroatoms. The van der Waals surface area contributed by atoms with E-state index in [2.05, 4.69) is 5.32 Å². The fourth-order valence-electron chi connectivity index (χ4n) is 1.13. The molecular formula is C11H13Cl2NO3. The van der Waals surface area contributed by atoms with Gasteiger partial charge in [0.1, 0.15) is 5.75 Å². The van der Waals surface area contributed by atoms with Gasteiger partial charge >= 0.3 is 5.97 Å². The van der Waals surface area contributed by atoms with Crippen molar-refractivity contribution in [2.24, 2.45) is 0 Å². The van der Waals surface area contributed by atoms with Gasteiger partial charge in [0.15, 0.2) is 0 Å². The Kier molecular flexibility index (Phi) is 4.90. The van der Waals surface area contributed by atoms with Crippen LogP contribution in [0.25, 0.3) is 0 Å². The number of ether oxygens (including phenoxy) is 2. The lowest BCUT2D eigenvalue weighted by Gasteiger charge is -2.20. The summed E-state index contributed by atoms with van der Waals surface area (Å²) in [5.74, 6) is -0.0411. The first-order valence-corrected chi connectivity index (χ1v) is 5.72. The zero-order valence-corrected chi connectivity index (χ0v) is 11.0. The second-order valence-electron chi connectivity index (χ2n) is 3.15. The first kappa shape index (κ1) is 13.9. The second kappa shape index (κ2) is 5.98. The lowest BCUT2D eigenvalue weighted by Crippen LogP contribution is -2.36. The van der Waals surface area contributed by atoms with Crippen molar-refractivity contribution in [2.75, 3.05) is 19.0 Å². The maximum absolute atomic E-state index is 11.4. The molecule has 94 valence electrons. The van der Waals surface area contributed by atoms with Crippen LogP contribution in [0.1, 0.15) is 6.92 Å². The summed E-state index contributed by atoms with van der Waals surface area (Å²) in [6.45, 7) is 1.89. The summed E-state index contributed by atoms with van der Waals surface area (Å²) in [4.78, 5) is 11.4. The average Bonchev–Trinajstić information content (AvgIpc) is 2.30. The normalized spacial score (nSPS) is 10.8. The average molecular weight is 278 g/mol. The van der Waals surface area contributed by atoms with Crippen molar-refractivity contribution in [2.45, 2.75) is 11.4 Å². The third-order valence-corrected chi connectivity index (χ3v) is 2.42. The predicted molar refractivity (Wildman–Crippen MR) is 67.7 cm³/mol. The summed E-state index contributed by atoms with van der Waals surface area (Å²) in [6, 6.07) is 6.82. The van der Waals surface area contributed by atoms with Crippen molar-refractivity contribution in [3.8, 4) is 5.75 Å². The molecule has 1 aromatic carbocycles. The van der Waals surface area contributed by atoms with E-state index in [-0.39, 0.29) is 6.61 Å². The van der Waals surface area contributed by atoms with Crippen molar-refractivity contribution in [3.63, 3.8) is 0 Å². The summed E-state index contributed by atoms with van der Waals surface area (Å²) in [6.07, 6.45) is 0. The number of esters is 1. The van der Waals surface area contributed by atoms with Gasteiger partial charge in [0.25, 0.3) is 4.46 Å². The van der Waals surface area contributed by atoms with E-state index >= 15 is 0 Å². The van der Waals surface area contributed by atoms with Gasteiger partial charge < -0.3 is 14.8 Å². The molecule has 0 bridgehead atoms. The molecule has 1 N–H and O–H groups in total. The largest absolute Gasteiger partial charge is 0.497 e. The predicted octanol–water partition coefficient (Wildman–Crippen LogP) is 2.80. The topological polar surface area (TPSA) is 47.6 Å². The number of alkyl halides is 2.